The fourth-order valence-electron chi connectivity index (χ4n) is 3.47. The van der Waals surface area contributed by atoms with Crippen molar-refractivity contribution in [3.05, 3.63) is 71.3 Å². The molecule has 1 aliphatic heterocycles. The lowest BCUT2D eigenvalue weighted by Crippen LogP contribution is -2.45. The van der Waals surface area contributed by atoms with E-state index < -0.39 is 0 Å². The van der Waals surface area contributed by atoms with Crippen LogP contribution in [0.15, 0.2) is 54.6 Å². The van der Waals surface area contributed by atoms with Crippen LogP contribution in [0.25, 0.3) is 0 Å². The zero-order valence-electron chi connectivity index (χ0n) is 16.4. The maximum atomic E-state index is 12.3. The van der Waals surface area contributed by atoms with Gasteiger partial charge >= 0.3 is 5.97 Å². The molecule has 2 aromatic carbocycles. The smallest absolute Gasteiger partial charge is 0.338 e. The number of likely N-dealkylation sites (tertiary alicyclic amines) is 1. The molecule has 28 heavy (non-hydrogen) atoms. The molecule has 0 radical (unpaired) electrons. The molecule has 5 nitrogen and oxygen atoms in total. The number of carbonyl (C=O) groups is 2. The SMILES string of the molecule is CCOC(=O)c1ccc(CCN2CCC(NC(=O)c3ccccc3)CC2)cc1. The quantitative estimate of drug-likeness (QED) is 0.749. The number of ether oxygens (including phenoxy) is 1. The van der Waals surface area contributed by atoms with Crippen molar-refractivity contribution in [3.8, 4) is 0 Å². The summed E-state index contributed by atoms with van der Waals surface area (Å²) in [7, 11) is 0. The highest BCUT2D eigenvalue weighted by Gasteiger charge is 2.20. The first-order chi connectivity index (χ1) is 13.7. The summed E-state index contributed by atoms with van der Waals surface area (Å²) in [6, 6.07) is 17.3. The first-order valence-electron chi connectivity index (χ1n) is 10.00. The summed E-state index contributed by atoms with van der Waals surface area (Å²) in [5.41, 5.74) is 2.53. The minimum Gasteiger partial charge on any atom is -0.462 e. The Labute approximate surface area is 166 Å². The van der Waals surface area contributed by atoms with Crippen LogP contribution in [0.5, 0.6) is 0 Å². The fraction of sp³-hybridized carbons (Fsp3) is 0.391. The zero-order valence-corrected chi connectivity index (χ0v) is 16.4. The number of hydrogen-bond donors (Lipinski definition) is 1. The third-order valence-corrected chi connectivity index (χ3v) is 5.14. The van der Waals surface area contributed by atoms with Crippen molar-refractivity contribution in [1.29, 1.82) is 0 Å². The molecule has 148 valence electrons. The minimum atomic E-state index is -0.270. The van der Waals surface area contributed by atoms with E-state index in [2.05, 4.69) is 10.2 Å². The van der Waals surface area contributed by atoms with Crippen molar-refractivity contribution < 1.29 is 14.3 Å². The minimum absolute atomic E-state index is 0.0146. The molecule has 0 atom stereocenters. The Bertz CT molecular complexity index is 766. The highest BCUT2D eigenvalue weighted by atomic mass is 16.5. The molecular weight excluding hydrogens is 352 g/mol. The highest BCUT2D eigenvalue weighted by molar-refractivity contribution is 5.94. The van der Waals surface area contributed by atoms with Crippen molar-refractivity contribution in [2.24, 2.45) is 0 Å². The van der Waals surface area contributed by atoms with Crippen molar-refractivity contribution in [2.45, 2.75) is 32.2 Å². The Morgan fingerprint density at radius 2 is 1.68 bits per heavy atom. The van der Waals surface area contributed by atoms with Crippen LogP contribution in [0.4, 0.5) is 0 Å². The van der Waals surface area contributed by atoms with Crippen LogP contribution in [0, 0.1) is 0 Å². The van der Waals surface area contributed by atoms with Gasteiger partial charge in [-0.05, 0) is 56.0 Å². The Balaban J connectivity index is 1.40. The zero-order chi connectivity index (χ0) is 19.8. The number of piperidine rings is 1. The van der Waals surface area contributed by atoms with Gasteiger partial charge in [-0.2, -0.15) is 0 Å². The third-order valence-electron chi connectivity index (χ3n) is 5.14. The molecule has 0 unspecified atom stereocenters. The first kappa shape index (κ1) is 20.1. The van der Waals surface area contributed by atoms with E-state index in [0.717, 1.165) is 44.5 Å². The summed E-state index contributed by atoms with van der Waals surface area (Å²) in [5, 5.41) is 3.15. The third kappa shape index (κ3) is 5.67. The van der Waals surface area contributed by atoms with E-state index in [1.165, 1.54) is 5.56 Å². The molecule has 0 saturated carbocycles. The predicted molar refractivity (Wildman–Crippen MR) is 109 cm³/mol. The van der Waals surface area contributed by atoms with Gasteiger partial charge in [0.1, 0.15) is 0 Å². The second-order valence-corrected chi connectivity index (χ2v) is 7.12. The Kier molecular flexibility index (Phi) is 7.20. The second-order valence-electron chi connectivity index (χ2n) is 7.12. The number of hydrogen-bond acceptors (Lipinski definition) is 4. The summed E-state index contributed by atoms with van der Waals surface area (Å²) in [6.07, 6.45) is 2.89. The molecule has 0 aliphatic carbocycles. The lowest BCUT2D eigenvalue weighted by atomic mass is 10.0. The number of amides is 1. The Morgan fingerprint density at radius 3 is 2.32 bits per heavy atom. The van der Waals surface area contributed by atoms with Gasteiger partial charge in [-0.25, -0.2) is 4.79 Å². The first-order valence-corrected chi connectivity index (χ1v) is 10.00. The van der Waals surface area contributed by atoms with Gasteiger partial charge in [0.15, 0.2) is 0 Å². The van der Waals surface area contributed by atoms with E-state index in [9.17, 15) is 9.59 Å². The number of rotatable bonds is 7. The van der Waals surface area contributed by atoms with Gasteiger partial charge in [-0.1, -0.05) is 30.3 Å². The van der Waals surface area contributed by atoms with Crippen LogP contribution in [0.1, 0.15) is 46.0 Å². The maximum absolute atomic E-state index is 12.3. The predicted octanol–water partition coefficient (Wildman–Crippen LogP) is 3.30. The molecule has 2 aromatic rings. The molecule has 1 N–H and O–H groups in total. The van der Waals surface area contributed by atoms with E-state index in [-0.39, 0.29) is 17.9 Å². The number of carbonyl (C=O) groups excluding carboxylic acids is 2. The van der Waals surface area contributed by atoms with Gasteiger partial charge in [0.2, 0.25) is 0 Å². The largest absolute Gasteiger partial charge is 0.462 e. The summed E-state index contributed by atoms with van der Waals surface area (Å²) >= 11 is 0. The van der Waals surface area contributed by atoms with Crippen LogP contribution in [0.3, 0.4) is 0 Å². The summed E-state index contributed by atoms with van der Waals surface area (Å²) in [4.78, 5) is 26.4. The molecule has 0 bridgehead atoms. The van der Waals surface area contributed by atoms with Crippen LogP contribution in [-0.4, -0.2) is 49.1 Å². The Hall–Kier alpha value is -2.66. The molecule has 0 spiro atoms. The van der Waals surface area contributed by atoms with E-state index in [4.69, 9.17) is 4.74 Å². The number of nitrogens with one attached hydrogen (secondary N) is 1. The molecule has 1 saturated heterocycles. The molecule has 1 heterocycles. The number of nitrogens with zero attached hydrogens (tertiary/aromatic N) is 1. The standard InChI is InChI=1S/C23H28N2O3/c1-2-28-23(27)20-10-8-18(9-11-20)12-15-25-16-13-21(14-17-25)24-22(26)19-6-4-3-5-7-19/h3-11,21H,2,12-17H2,1H3,(H,24,26). The van der Waals surface area contributed by atoms with E-state index in [1.54, 1.807) is 0 Å². The number of esters is 1. The molecule has 5 heteroatoms. The van der Waals surface area contributed by atoms with Crippen molar-refractivity contribution >= 4 is 11.9 Å². The van der Waals surface area contributed by atoms with Crippen molar-refractivity contribution in [1.82, 2.24) is 10.2 Å². The molecule has 1 amide bonds. The van der Waals surface area contributed by atoms with Gasteiger partial charge in [-0.15, -0.1) is 0 Å². The van der Waals surface area contributed by atoms with Crippen molar-refractivity contribution in [2.75, 3.05) is 26.2 Å². The highest BCUT2D eigenvalue weighted by Crippen LogP contribution is 2.13. The summed E-state index contributed by atoms with van der Waals surface area (Å²) in [6.45, 7) is 5.16. The monoisotopic (exact) mass is 380 g/mol. The lowest BCUT2D eigenvalue weighted by molar-refractivity contribution is 0.0526. The topological polar surface area (TPSA) is 58.6 Å². The van der Waals surface area contributed by atoms with Crippen LogP contribution in [-0.2, 0) is 11.2 Å². The Morgan fingerprint density at radius 1 is 1.00 bits per heavy atom. The van der Waals surface area contributed by atoms with Gasteiger partial charge in [0.25, 0.3) is 5.91 Å². The normalized spacial score (nSPS) is 15.2. The van der Waals surface area contributed by atoms with Crippen LogP contribution in [0.2, 0.25) is 0 Å². The summed E-state index contributed by atoms with van der Waals surface area (Å²) in [5.74, 6) is -0.255. The van der Waals surface area contributed by atoms with E-state index in [1.807, 2.05) is 61.5 Å². The van der Waals surface area contributed by atoms with Gasteiger partial charge in [0.05, 0.1) is 12.2 Å². The maximum Gasteiger partial charge on any atom is 0.338 e. The van der Waals surface area contributed by atoms with E-state index in [0.29, 0.717) is 12.2 Å². The van der Waals surface area contributed by atoms with E-state index >= 15 is 0 Å². The molecular formula is C23H28N2O3. The molecule has 0 aromatic heterocycles. The fourth-order valence-corrected chi connectivity index (χ4v) is 3.47. The lowest BCUT2D eigenvalue weighted by Gasteiger charge is -2.32. The second kappa shape index (κ2) is 10.0. The average Bonchev–Trinajstić information content (AvgIpc) is 2.74. The molecule has 3 rings (SSSR count). The van der Waals surface area contributed by atoms with Crippen LogP contribution >= 0.6 is 0 Å². The summed E-state index contributed by atoms with van der Waals surface area (Å²) < 4.78 is 5.01. The van der Waals surface area contributed by atoms with Crippen LogP contribution < -0.4 is 5.32 Å². The average molecular weight is 380 g/mol. The van der Waals surface area contributed by atoms with Gasteiger partial charge < -0.3 is 15.0 Å². The van der Waals surface area contributed by atoms with Gasteiger partial charge in [-0.3, -0.25) is 4.79 Å². The number of benzene rings is 2. The van der Waals surface area contributed by atoms with Gasteiger partial charge in [0, 0.05) is 31.2 Å². The van der Waals surface area contributed by atoms with Crippen molar-refractivity contribution in [3.63, 3.8) is 0 Å². The molecule has 1 fully saturated rings. The molecule has 1 aliphatic rings.